The van der Waals surface area contributed by atoms with Crippen molar-refractivity contribution in [2.45, 2.75) is 37.8 Å². The zero-order chi connectivity index (χ0) is 29.4. The van der Waals surface area contributed by atoms with Gasteiger partial charge in [0.2, 0.25) is 0 Å². The Bertz CT molecular complexity index is 1470. The van der Waals surface area contributed by atoms with E-state index in [1.807, 2.05) is 7.05 Å². The number of nitrogens with one attached hydrogen (secondary N) is 1. The second-order valence-electron chi connectivity index (χ2n) is 11.1. The molecule has 42 heavy (non-hydrogen) atoms. The van der Waals surface area contributed by atoms with Gasteiger partial charge in [0.15, 0.2) is 5.78 Å². The van der Waals surface area contributed by atoms with E-state index in [2.05, 4.69) is 15.2 Å². The number of amides is 2. The normalized spacial score (nSPS) is 22.4. The van der Waals surface area contributed by atoms with Crippen molar-refractivity contribution >= 4 is 29.0 Å². The van der Waals surface area contributed by atoms with Crippen LogP contribution in [-0.4, -0.2) is 90.8 Å². The summed E-state index contributed by atoms with van der Waals surface area (Å²) in [5, 5.41) is 13.8. The lowest BCUT2D eigenvalue weighted by Gasteiger charge is -2.33. The number of hydrogen-bond donors (Lipinski definition) is 2. The van der Waals surface area contributed by atoms with Crippen molar-refractivity contribution in [1.82, 2.24) is 9.80 Å². The first-order chi connectivity index (χ1) is 20.3. The average molecular weight is 571 g/mol. The van der Waals surface area contributed by atoms with E-state index in [9.17, 15) is 19.5 Å². The number of nitrogens with zero attached hydrogens (tertiary/aromatic N) is 3. The zero-order valence-corrected chi connectivity index (χ0v) is 23.8. The van der Waals surface area contributed by atoms with Crippen LogP contribution in [-0.2, 0) is 11.2 Å². The van der Waals surface area contributed by atoms with Crippen LogP contribution in [0.5, 0.6) is 11.5 Å². The molecule has 3 aliphatic heterocycles. The van der Waals surface area contributed by atoms with Gasteiger partial charge in [0, 0.05) is 30.3 Å². The molecular weight excluding hydrogens is 536 g/mol. The highest BCUT2D eigenvalue weighted by atomic mass is 16.5. The summed E-state index contributed by atoms with van der Waals surface area (Å²) in [4.78, 5) is 47.9. The Hall–Kier alpha value is -4.28. The van der Waals surface area contributed by atoms with Crippen LogP contribution in [0.2, 0.25) is 0 Å². The summed E-state index contributed by atoms with van der Waals surface area (Å²) in [6.07, 6.45) is 4.88. The SMILES string of the molecule is COc1ccc(OCC(O)CN=C2C=CCC(=O)C2=C2Cc3cc4c(cc3N2)C(=O)N(C2CCN(C)CC2)C4=O)cc1. The largest absolute Gasteiger partial charge is 0.497 e. The van der Waals surface area contributed by atoms with Gasteiger partial charge in [-0.2, -0.15) is 0 Å². The second kappa shape index (κ2) is 11.5. The number of aliphatic imine (C=N–C) groups is 1. The summed E-state index contributed by atoms with van der Waals surface area (Å²) in [6, 6.07) is 10.5. The number of aliphatic hydroxyl groups is 1. The van der Waals surface area contributed by atoms with Crippen LogP contribution >= 0.6 is 0 Å². The van der Waals surface area contributed by atoms with Crippen molar-refractivity contribution in [2.75, 3.05) is 45.7 Å². The van der Waals surface area contributed by atoms with Crippen molar-refractivity contribution < 1.29 is 29.0 Å². The fourth-order valence-electron chi connectivity index (χ4n) is 5.93. The van der Waals surface area contributed by atoms with Crippen LogP contribution in [0.4, 0.5) is 5.69 Å². The standard InChI is InChI=1S/C32H34N4O6/c1-35-12-10-20(11-13-35)36-31(39)24-14-19-15-28(34-27(19)16-25(24)32(36)40)30-26(4-3-5-29(30)38)33-17-21(37)18-42-23-8-6-22(41-2)7-9-23/h3-4,6-9,14,16,20-21,34,37H,5,10-13,15,17-18H2,1-2H3. The molecule has 2 amide bonds. The number of hydrogen-bond acceptors (Lipinski definition) is 9. The van der Waals surface area contributed by atoms with Crippen molar-refractivity contribution in [1.29, 1.82) is 0 Å². The lowest BCUT2D eigenvalue weighted by atomic mass is 9.94. The highest BCUT2D eigenvalue weighted by Crippen LogP contribution is 2.38. The highest BCUT2D eigenvalue weighted by Gasteiger charge is 2.42. The first kappa shape index (κ1) is 27.9. The van der Waals surface area contributed by atoms with E-state index in [1.165, 1.54) is 4.90 Å². The molecule has 4 aliphatic rings. The number of carbonyl (C=O) groups is 3. The number of likely N-dealkylation sites (tertiary alicyclic amines) is 1. The Labute approximate surface area is 244 Å². The van der Waals surface area contributed by atoms with E-state index in [1.54, 1.807) is 55.7 Å². The minimum Gasteiger partial charge on any atom is -0.497 e. The number of rotatable bonds is 7. The van der Waals surface area contributed by atoms with E-state index in [0.717, 1.165) is 37.2 Å². The lowest BCUT2D eigenvalue weighted by Crippen LogP contribution is -2.46. The van der Waals surface area contributed by atoms with Crippen molar-refractivity contribution in [3.63, 3.8) is 0 Å². The van der Waals surface area contributed by atoms with Crippen molar-refractivity contribution in [2.24, 2.45) is 4.99 Å². The summed E-state index contributed by atoms with van der Waals surface area (Å²) in [6.45, 7) is 1.80. The monoisotopic (exact) mass is 570 g/mol. The number of imide groups is 1. The predicted molar refractivity (Wildman–Crippen MR) is 157 cm³/mol. The molecule has 1 saturated heterocycles. The number of aliphatic hydroxyl groups excluding tert-OH is 1. The maximum Gasteiger partial charge on any atom is 0.261 e. The van der Waals surface area contributed by atoms with Gasteiger partial charge in [0.1, 0.15) is 24.2 Å². The van der Waals surface area contributed by atoms with E-state index in [-0.39, 0.29) is 43.2 Å². The minimum atomic E-state index is -0.877. The zero-order valence-electron chi connectivity index (χ0n) is 23.8. The van der Waals surface area contributed by atoms with E-state index >= 15 is 0 Å². The number of piperidine rings is 1. The van der Waals surface area contributed by atoms with Crippen molar-refractivity contribution in [3.05, 3.63) is 76.5 Å². The molecule has 0 bridgehead atoms. The molecule has 10 heteroatoms. The van der Waals surface area contributed by atoms with E-state index in [0.29, 0.717) is 46.0 Å². The third kappa shape index (κ3) is 5.35. The fourth-order valence-corrected chi connectivity index (χ4v) is 5.93. The predicted octanol–water partition coefficient (Wildman–Crippen LogP) is 3.02. The van der Waals surface area contributed by atoms with Crippen LogP contribution < -0.4 is 14.8 Å². The first-order valence-electron chi connectivity index (χ1n) is 14.3. The molecule has 1 atom stereocenters. The van der Waals surface area contributed by atoms with Gasteiger partial charge in [-0.1, -0.05) is 6.08 Å². The second-order valence-corrected chi connectivity index (χ2v) is 11.1. The van der Waals surface area contributed by atoms with Gasteiger partial charge in [0.25, 0.3) is 11.8 Å². The third-order valence-electron chi connectivity index (χ3n) is 8.24. The van der Waals surface area contributed by atoms with Gasteiger partial charge < -0.3 is 24.8 Å². The molecule has 6 rings (SSSR count). The fraction of sp³-hybridized carbons (Fsp3) is 0.375. The van der Waals surface area contributed by atoms with Crippen LogP contribution in [0.3, 0.4) is 0 Å². The molecule has 0 radical (unpaired) electrons. The summed E-state index contributed by atoms with van der Waals surface area (Å²) >= 11 is 0. The number of carbonyl (C=O) groups excluding carboxylic acids is 3. The lowest BCUT2D eigenvalue weighted by molar-refractivity contribution is -0.114. The number of allylic oxidation sites excluding steroid dienone is 4. The topological polar surface area (TPSA) is 121 Å². The Morgan fingerprint density at radius 3 is 2.45 bits per heavy atom. The Morgan fingerprint density at radius 2 is 1.74 bits per heavy atom. The van der Waals surface area contributed by atoms with Crippen LogP contribution in [0, 0.1) is 0 Å². The molecule has 0 spiro atoms. The molecule has 1 unspecified atom stereocenters. The Kier molecular flexibility index (Phi) is 7.66. The number of methoxy groups -OCH3 is 1. The van der Waals surface area contributed by atoms with Gasteiger partial charge in [-0.05, 0) is 81.0 Å². The highest BCUT2D eigenvalue weighted by molar-refractivity contribution is 6.29. The molecule has 3 heterocycles. The molecule has 2 N–H and O–H groups in total. The summed E-state index contributed by atoms with van der Waals surface area (Å²) in [5.41, 5.74) is 4.03. The number of Topliss-reactive ketones (excluding diaryl/α,β-unsaturated/α-hetero) is 1. The van der Waals surface area contributed by atoms with Crippen LogP contribution in [0.1, 0.15) is 45.5 Å². The molecule has 1 aliphatic carbocycles. The average Bonchev–Trinajstić information content (AvgIpc) is 3.51. The smallest absolute Gasteiger partial charge is 0.261 e. The Balaban J connectivity index is 1.17. The van der Waals surface area contributed by atoms with Gasteiger partial charge in [-0.3, -0.25) is 24.3 Å². The number of ether oxygens (including phenoxy) is 2. The molecule has 0 aromatic heterocycles. The van der Waals surface area contributed by atoms with E-state index < -0.39 is 6.10 Å². The van der Waals surface area contributed by atoms with Gasteiger partial charge >= 0.3 is 0 Å². The minimum absolute atomic E-state index is 0.0402. The third-order valence-corrected chi connectivity index (χ3v) is 8.24. The maximum absolute atomic E-state index is 13.3. The first-order valence-corrected chi connectivity index (χ1v) is 14.3. The summed E-state index contributed by atoms with van der Waals surface area (Å²) in [7, 11) is 3.63. The molecule has 10 nitrogen and oxygen atoms in total. The summed E-state index contributed by atoms with van der Waals surface area (Å²) in [5.74, 6) is 0.745. The number of benzene rings is 2. The van der Waals surface area contributed by atoms with E-state index in [4.69, 9.17) is 9.47 Å². The summed E-state index contributed by atoms with van der Waals surface area (Å²) < 4.78 is 10.8. The quantitative estimate of drug-likeness (QED) is 0.385. The Morgan fingerprint density at radius 1 is 1.05 bits per heavy atom. The number of anilines is 1. The van der Waals surface area contributed by atoms with Gasteiger partial charge in [-0.25, -0.2) is 0 Å². The molecule has 1 fully saturated rings. The molecule has 218 valence electrons. The van der Waals surface area contributed by atoms with Crippen molar-refractivity contribution in [3.8, 4) is 11.5 Å². The molecular formula is C32H34N4O6. The van der Waals surface area contributed by atoms with Gasteiger partial charge in [-0.15, -0.1) is 0 Å². The molecule has 2 aromatic carbocycles. The number of fused-ring (bicyclic) bond motifs is 2. The molecule has 0 saturated carbocycles. The van der Waals surface area contributed by atoms with Gasteiger partial charge in [0.05, 0.1) is 36.1 Å². The number of ketones is 1. The maximum atomic E-state index is 13.3. The van der Waals surface area contributed by atoms with Crippen LogP contribution in [0.15, 0.2) is 64.8 Å². The van der Waals surface area contributed by atoms with Crippen LogP contribution in [0.25, 0.3) is 0 Å². The molecule has 2 aromatic rings.